The molecule has 16 heavy (non-hydrogen) atoms. The minimum atomic E-state index is -0.535. The number of carbonyl (C=O) groups excluding carboxylic acids is 3. The lowest BCUT2D eigenvalue weighted by molar-refractivity contribution is -0.138. The predicted molar refractivity (Wildman–Crippen MR) is 62.0 cm³/mol. The van der Waals surface area contributed by atoms with Crippen molar-refractivity contribution in [1.29, 1.82) is 0 Å². The average Bonchev–Trinajstić information content (AvgIpc) is 2.40. The standard InChI is InChI=1S/C9H14N2O3S.FH.H2/c1-2-10-7(12)3-4-11-8(13)5-6(15)9(11)14;;/h6,15H,2-5H2,1H3,(H,10,12);2*1H. The van der Waals surface area contributed by atoms with Crippen molar-refractivity contribution in [2.45, 2.75) is 25.0 Å². The van der Waals surface area contributed by atoms with E-state index in [1.165, 1.54) is 0 Å². The molecule has 7 heteroatoms. The molecule has 0 saturated carbocycles. The van der Waals surface area contributed by atoms with E-state index in [-0.39, 0.29) is 43.2 Å². The van der Waals surface area contributed by atoms with Crippen LogP contribution in [0.2, 0.25) is 0 Å². The third-order valence-electron chi connectivity index (χ3n) is 2.16. The van der Waals surface area contributed by atoms with E-state index in [0.717, 1.165) is 4.90 Å². The summed E-state index contributed by atoms with van der Waals surface area (Å²) in [7, 11) is 0. The lowest BCUT2D eigenvalue weighted by atomic mass is 10.3. The number of thiol groups is 1. The predicted octanol–water partition coefficient (Wildman–Crippen LogP) is -0.0316. The van der Waals surface area contributed by atoms with Crippen molar-refractivity contribution in [3.8, 4) is 0 Å². The van der Waals surface area contributed by atoms with E-state index < -0.39 is 5.25 Å². The summed E-state index contributed by atoms with van der Waals surface area (Å²) in [6.07, 6.45) is 0.295. The van der Waals surface area contributed by atoms with Gasteiger partial charge in [0.25, 0.3) is 0 Å². The number of rotatable bonds is 4. The molecule has 3 amide bonds. The number of likely N-dealkylation sites (tertiary alicyclic amines) is 1. The molecule has 1 atom stereocenters. The van der Waals surface area contributed by atoms with E-state index in [1.54, 1.807) is 0 Å². The first-order valence-electron chi connectivity index (χ1n) is 4.85. The number of amides is 3. The fourth-order valence-corrected chi connectivity index (χ4v) is 1.70. The van der Waals surface area contributed by atoms with Gasteiger partial charge in [-0.1, -0.05) is 0 Å². The number of hydrogen-bond donors (Lipinski definition) is 2. The number of nitrogens with one attached hydrogen (secondary N) is 1. The van der Waals surface area contributed by atoms with E-state index in [2.05, 4.69) is 17.9 Å². The van der Waals surface area contributed by atoms with Gasteiger partial charge < -0.3 is 5.32 Å². The van der Waals surface area contributed by atoms with Crippen LogP contribution in [0.25, 0.3) is 0 Å². The Labute approximate surface area is 99.8 Å². The van der Waals surface area contributed by atoms with Gasteiger partial charge in [-0.2, -0.15) is 12.6 Å². The van der Waals surface area contributed by atoms with Gasteiger partial charge in [-0.3, -0.25) is 24.0 Å². The molecule has 0 aromatic carbocycles. The molecule has 1 rings (SSSR count). The minimum Gasteiger partial charge on any atom is -0.356 e. The number of hydrogen-bond acceptors (Lipinski definition) is 4. The molecule has 1 aliphatic rings. The second-order valence-electron chi connectivity index (χ2n) is 3.31. The van der Waals surface area contributed by atoms with Gasteiger partial charge in [0.15, 0.2) is 0 Å². The smallest absolute Gasteiger partial charge is 0.242 e. The van der Waals surface area contributed by atoms with Gasteiger partial charge in [0.1, 0.15) is 0 Å². The minimum absolute atomic E-state index is 0. The van der Waals surface area contributed by atoms with Gasteiger partial charge in [0.05, 0.1) is 5.25 Å². The van der Waals surface area contributed by atoms with Gasteiger partial charge in [0, 0.05) is 27.4 Å². The molecule has 5 nitrogen and oxygen atoms in total. The van der Waals surface area contributed by atoms with Crippen LogP contribution in [0.5, 0.6) is 0 Å². The van der Waals surface area contributed by atoms with Crippen LogP contribution in [0.1, 0.15) is 21.2 Å². The van der Waals surface area contributed by atoms with Crippen molar-refractivity contribution in [1.82, 2.24) is 10.2 Å². The largest absolute Gasteiger partial charge is 0.356 e. The Hall–Kier alpha value is -1.11. The highest BCUT2D eigenvalue weighted by Crippen LogP contribution is 2.17. The highest BCUT2D eigenvalue weighted by molar-refractivity contribution is 7.81. The first kappa shape index (κ1) is 14.9. The lowest BCUT2D eigenvalue weighted by Gasteiger charge is -2.13. The number of nitrogens with zero attached hydrogens (tertiary/aromatic N) is 1. The molecular weight excluding hydrogens is 235 g/mol. The topological polar surface area (TPSA) is 66.5 Å². The SMILES string of the molecule is CCNC(=O)CCN1C(=O)CC(S)C1=O.F.[HH]. The molecule has 94 valence electrons. The van der Waals surface area contributed by atoms with Crippen molar-refractivity contribution in [3.63, 3.8) is 0 Å². The summed E-state index contributed by atoms with van der Waals surface area (Å²) in [5.74, 6) is -0.697. The van der Waals surface area contributed by atoms with Crippen LogP contribution >= 0.6 is 12.6 Å². The third kappa shape index (κ3) is 3.48. The van der Waals surface area contributed by atoms with Crippen LogP contribution < -0.4 is 5.32 Å². The summed E-state index contributed by atoms with van der Waals surface area (Å²) in [6, 6.07) is 0. The summed E-state index contributed by atoms with van der Waals surface area (Å²) >= 11 is 3.98. The fraction of sp³-hybridized carbons (Fsp3) is 0.667. The van der Waals surface area contributed by atoms with Crippen LogP contribution in [-0.2, 0) is 14.4 Å². The Bertz CT molecular complexity index is 304. The molecule has 1 saturated heterocycles. The van der Waals surface area contributed by atoms with Crippen molar-refractivity contribution in [2.24, 2.45) is 0 Å². The molecular formula is C9H17FN2O3S. The third-order valence-corrected chi connectivity index (χ3v) is 2.56. The zero-order valence-corrected chi connectivity index (χ0v) is 9.83. The summed E-state index contributed by atoms with van der Waals surface area (Å²) in [5, 5.41) is 2.07. The summed E-state index contributed by atoms with van der Waals surface area (Å²) < 4.78 is 0. The van der Waals surface area contributed by atoms with E-state index >= 15 is 0 Å². The monoisotopic (exact) mass is 252 g/mol. The van der Waals surface area contributed by atoms with Crippen LogP contribution in [0, 0.1) is 0 Å². The first-order chi connectivity index (χ1) is 7.06. The van der Waals surface area contributed by atoms with E-state index in [9.17, 15) is 14.4 Å². The second-order valence-corrected chi connectivity index (χ2v) is 3.93. The van der Waals surface area contributed by atoms with Gasteiger partial charge in [-0.05, 0) is 6.92 Å². The number of carbonyl (C=O) groups is 3. The summed E-state index contributed by atoms with van der Waals surface area (Å²) in [5.41, 5.74) is 0. The zero-order chi connectivity index (χ0) is 11.4. The van der Waals surface area contributed by atoms with Crippen molar-refractivity contribution in [2.75, 3.05) is 13.1 Å². The molecule has 1 N–H and O–H groups in total. The maximum atomic E-state index is 11.4. The lowest BCUT2D eigenvalue weighted by Crippen LogP contribution is -2.35. The Balaban J connectivity index is 0. The Morgan fingerprint density at radius 3 is 2.69 bits per heavy atom. The van der Waals surface area contributed by atoms with Crippen molar-refractivity contribution < 1.29 is 20.5 Å². The van der Waals surface area contributed by atoms with E-state index in [1.807, 2.05) is 6.92 Å². The van der Waals surface area contributed by atoms with Crippen molar-refractivity contribution in [3.05, 3.63) is 0 Å². The van der Waals surface area contributed by atoms with Crippen LogP contribution in [0.15, 0.2) is 0 Å². The number of halogens is 1. The summed E-state index contributed by atoms with van der Waals surface area (Å²) in [4.78, 5) is 34.9. The molecule has 0 bridgehead atoms. The zero-order valence-electron chi connectivity index (χ0n) is 8.93. The fourth-order valence-electron chi connectivity index (χ4n) is 1.40. The van der Waals surface area contributed by atoms with Gasteiger partial charge in [-0.25, -0.2) is 0 Å². The molecule has 1 fully saturated rings. The molecule has 0 aliphatic carbocycles. The molecule has 0 spiro atoms. The first-order valence-corrected chi connectivity index (χ1v) is 5.37. The molecule has 1 heterocycles. The van der Waals surface area contributed by atoms with Gasteiger partial charge in [0.2, 0.25) is 17.7 Å². The maximum Gasteiger partial charge on any atom is 0.242 e. The van der Waals surface area contributed by atoms with Crippen LogP contribution in [-0.4, -0.2) is 41.0 Å². The highest BCUT2D eigenvalue weighted by atomic mass is 32.1. The van der Waals surface area contributed by atoms with Gasteiger partial charge >= 0.3 is 0 Å². The molecule has 1 aliphatic heterocycles. The van der Waals surface area contributed by atoms with Crippen molar-refractivity contribution >= 4 is 30.4 Å². The Morgan fingerprint density at radius 2 is 2.25 bits per heavy atom. The molecule has 0 aromatic heterocycles. The van der Waals surface area contributed by atoms with Gasteiger partial charge in [-0.15, -0.1) is 0 Å². The second kappa shape index (κ2) is 6.47. The maximum absolute atomic E-state index is 11.4. The average molecular weight is 252 g/mol. The highest BCUT2D eigenvalue weighted by Gasteiger charge is 2.35. The van der Waals surface area contributed by atoms with Crippen LogP contribution in [0.3, 0.4) is 0 Å². The quantitative estimate of drug-likeness (QED) is 0.545. The van der Waals surface area contributed by atoms with E-state index in [4.69, 9.17) is 0 Å². The Morgan fingerprint density at radius 1 is 1.62 bits per heavy atom. The van der Waals surface area contributed by atoms with Crippen LogP contribution in [0.4, 0.5) is 4.70 Å². The number of imide groups is 1. The Kier molecular flexibility index (Phi) is 6.02. The summed E-state index contributed by atoms with van der Waals surface area (Å²) in [6.45, 7) is 2.52. The molecule has 0 aromatic rings. The normalized spacial score (nSPS) is 19.6. The molecule has 0 radical (unpaired) electrons. The van der Waals surface area contributed by atoms with E-state index in [0.29, 0.717) is 6.54 Å². The molecule has 1 unspecified atom stereocenters.